The number of thiazole rings is 1. The third kappa shape index (κ3) is 3.53. The van der Waals surface area contributed by atoms with E-state index in [1.165, 1.54) is 31.4 Å². The maximum atomic E-state index is 5.60. The molecule has 1 aromatic heterocycles. The van der Waals surface area contributed by atoms with Gasteiger partial charge in [-0.2, -0.15) is 0 Å². The zero-order valence-corrected chi connectivity index (χ0v) is 12.6. The minimum atomic E-state index is 0.546. The molecule has 0 aliphatic heterocycles. The van der Waals surface area contributed by atoms with E-state index in [0.29, 0.717) is 12.0 Å². The van der Waals surface area contributed by atoms with Gasteiger partial charge in [-0.25, -0.2) is 4.98 Å². The van der Waals surface area contributed by atoms with Gasteiger partial charge >= 0.3 is 0 Å². The van der Waals surface area contributed by atoms with Gasteiger partial charge in [0.05, 0.1) is 5.69 Å². The van der Waals surface area contributed by atoms with Crippen LogP contribution in [0.5, 0.6) is 0 Å². The highest BCUT2D eigenvalue weighted by Gasteiger charge is 2.28. The van der Waals surface area contributed by atoms with E-state index in [2.05, 4.69) is 36.2 Å². The molecule has 1 aliphatic carbocycles. The Morgan fingerprint density at radius 1 is 1.44 bits per heavy atom. The van der Waals surface area contributed by atoms with Gasteiger partial charge in [0, 0.05) is 24.5 Å². The molecule has 2 rings (SSSR count). The lowest BCUT2D eigenvalue weighted by molar-refractivity contribution is 0.122. The first kappa shape index (κ1) is 14.0. The van der Waals surface area contributed by atoms with Gasteiger partial charge in [-0.15, -0.1) is 11.3 Å². The molecular formula is C14H25N3S. The summed E-state index contributed by atoms with van der Waals surface area (Å²) in [6.45, 7) is 6.29. The van der Waals surface area contributed by atoms with Gasteiger partial charge in [-0.05, 0) is 38.1 Å². The van der Waals surface area contributed by atoms with E-state index >= 15 is 0 Å². The Bertz CT molecular complexity index is 376. The maximum absolute atomic E-state index is 5.60. The molecule has 0 saturated heterocycles. The van der Waals surface area contributed by atoms with Crippen molar-refractivity contribution in [1.82, 2.24) is 9.88 Å². The van der Waals surface area contributed by atoms with Gasteiger partial charge in [0.2, 0.25) is 0 Å². The zero-order chi connectivity index (χ0) is 13.2. The molecule has 0 amide bonds. The molecule has 1 saturated carbocycles. The standard InChI is InChI=1S/C14H25N3S/c1-14(2)6-4-12(5-7-14)17(3)9-11-10-18-13(8-15)16-11/h10,12H,4-9,15H2,1-3H3. The normalized spacial score (nSPS) is 20.5. The second kappa shape index (κ2) is 5.68. The molecule has 0 atom stereocenters. The lowest BCUT2D eigenvalue weighted by Crippen LogP contribution is -2.36. The third-order valence-electron chi connectivity index (χ3n) is 4.12. The topological polar surface area (TPSA) is 42.1 Å². The van der Waals surface area contributed by atoms with E-state index in [0.717, 1.165) is 17.6 Å². The van der Waals surface area contributed by atoms with Crippen molar-refractivity contribution in [2.75, 3.05) is 7.05 Å². The Balaban J connectivity index is 1.86. The Morgan fingerprint density at radius 2 is 2.11 bits per heavy atom. The molecule has 18 heavy (non-hydrogen) atoms. The molecule has 0 spiro atoms. The molecule has 102 valence electrons. The Hall–Kier alpha value is -0.450. The average Bonchev–Trinajstić information content (AvgIpc) is 2.76. The van der Waals surface area contributed by atoms with Crippen LogP contribution in [-0.2, 0) is 13.1 Å². The maximum Gasteiger partial charge on any atom is 0.106 e. The lowest BCUT2D eigenvalue weighted by Gasteiger charge is -2.38. The van der Waals surface area contributed by atoms with Crippen molar-refractivity contribution in [3.05, 3.63) is 16.1 Å². The van der Waals surface area contributed by atoms with Crippen molar-refractivity contribution < 1.29 is 0 Å². The largest absolute Gasteiger partial charge is 0.325 e. The summed E-state index contributed by atoms with van der Waals surface area (Å²) >= 11 is 1.68. The molecule has 0 radical (unpaired) electrons. The number of nitrogens with two attached hydrogens (primary N) is 1. The van der Waals surface area contributed by atoms with Crippen LogP contribution in [0.25, 0.3) is 0 Å². The van der Waals surface area contributed by atoms with Crippen molar-refractivity contribution in [2.45, 2.75) is 58.7 Å². The number of nitrogens with zero attached hydrogens (tertiary/aromatic N) is 2. The number of rotatable bonds is 4. The van der Waals surface area contributed by atoms with Crippen molar-refractivity contribution in [3.8, 4) is 0 Å². The van der Waals surface area contributed by atoms with Crippen LogP contribution >= 0.6 is 11.3 Å². The van der Waals surface area contributed by atoms with E-state index in [1.807, 2.05) is 0 Å². The van der Waals surface area contributed by atoms with Crippen molar-refractivity contribution in [2.24, 2.45) is 11.1 Å². The van der Waals surface area contributed by atoms with Crippen molar-refractivity contribution in [1.29, 1.82) is 0 Å². The predicted octanol–water partition coefficient (Wildman–Crippen LogP) is 3.00. The van der Waals surface area contributed by atoms with Crippen LogP contribution in [0.4, 0.5) is 0 Å². The van der Waals surface area contributed by atoms with Crippen molar-refractivity contribution >= 4 is 11.3 Å². The smallest absolute Gasteiger partial charge is 0.106 e. The molecule has 1 heterocycles. The Kier molecular flexibility index (Phi) is 4.41. The van der Waals surface area contributed by atoms with Gasteiger partial charge in [-0.1, -0.05) is 13.8 Å². The molecule has 0 bridgehead atoms. The van der Waals surface area contributed by atoms with Gasteiger partial charge < -0.3 is 5.73 Å². The molecule has 0 unspecified atom stereocenters. The highest BCUT2D eigenvalue weighted by molar-refractivity contribution is 7.09. The van der Waals surface area contributed by atoms with E-state index in [1.54, 1.807) is 11.3 Å². The lowest BCUT2D eigenvalue weighted by atomic mass is 9.75. The monoisotopic (exact) mass is 267 g/mol. The summed E-state index contributed by atoms with van der Waals surface area (Å²) < 4.78 is 0. The minimum absolute atomic E-state index is 0.546. The summed E-state index contributed by atoms with van der Waals surface area (Å²) in [6.07, 6.45) is 5.31. The van der Waals surface area contributed by atoms with E-state index in [4.69, 9.17) is 5.73 Å². The van der Waals surface area contributed by atoms with Gasteiger partial charge in [0.1, 0.15) is 5.01 Å². The fourth-order valence-corrected chi connectivity index (χ4v) is 3.39. The first-order valence-corrected chi connectivity index (χ1v) is 7.72. The Labute approximate surface area is 114 Å². The van der Waals surface area contributed by atoms with E-state index in [-0.39, 0.29) is 0 Å². The molecule has 1 fully saturated rings. The average molecular weight is 267 g/mol. The summed E-state index contributed by atoms with van der Waals surface area (Å²) in [5, 5.41) is 3.19. The fraction of sp³-hybridized carbons (Fsp3) is 0.786. The second-order valence-corrected chi connectivity index (χ2v) is 7.19. The van der Waals surface area contributed by atoms with Crippen molar-refractivity contribution in [3.63, 3.8) is 0 Å². The van der Waals surface area contributed by atoms with Crippen LogP contribution in [0.15, 0.2) is 5.38 Å². The third-order valence-corrected chi connectivity index (χ3v) is 5.04. The molecule has 3 nitrogen and oxygen atoms in total. The number of hydrogen-bond donors (Lipinski definition) is 1. The quantitative estimate of drug-likeness (QED) is 0.912. The summed E-state index contributed by atoms with van der Waals surface area (Å²) in [7, 11) is 2.23. The summed E-state index contributed by atoms with van der Waals surface area (Å²) in [5.41, 5.74) is 7.32. The van der Waals surface area contributed by atoms with Crippen LogP contribution in [-0.4, -0.2) is 23.0 Å². The zero-order valence-electron chi connectivity index (χ0n) is 11.8. The van der Waals surface area contributed by atoms with Gasteiger partial charge in [0.25, 0.3) is 0 Å². The Morgan fingerprint density at radius 3 is 2.67 bits per heavy atom. The highest BCUT2D eigenvalue weighted by Crippen LogP contribution is 2.36. The molecule has 2 N–H and O–H groups in total. The van der Waals surface area contributed by atoms with Crippen LogP contribution < -0.4 is 5.73 Å². The first-order valence-electron chi connectivity index (χ1n) is 6.84. The van der Waals surface area contributed by atoms with Crippen LogP contribution in [0.1, 0.15) is 50.2 Å². The minimum Gasteiger partial charge on any atom is -0.325 e. The van der Waals surface area contributed by atoms with E-state index in [9.17, 15) is 0 Å². The second-order valence-electron chi connectivity index (χ2n) is 6.25. The molecule has 4 heteroatoms. The van der Waals surface area contributed by atoms with Gasteiger partial charge in [0.15, 0.2) is 0 Å². The summed E-state index contributed by atoms with van der Waals surface area (Å²) in [6, 6.07) is 0.723. The van der Waals surface area contributed by atoms with Crippen LogP contribution in [0.3, 0.4) is 0 Å². The number of hydrogen-bond acceptors (Lipinski definition) is 4. The SMILES string of the molecule is CN(Cc1csc(CN)n1)C1CCC(C)(C)CC1. The van der Waals surface area contributed by atoms with Crippen LogP contribution in [0, 0.1) is 5.41 Å². The molecule has 1 aliphatic rings. The highest BCUT2D eigenvalue weighted by atomic mass is 32.1. The number of aromatic nitrogens is 1. The molecule has 1 aromatic rings. The molecule has 0 aromatic carbocycles. The van der Waals surface area contributed by atoms with Crippen LogP contribution in [0.2, 0.25) is 0 Å². The van der Waals surface area contributed by atoms with E-state index < -0.39 is 0 Å². The van der Waals surface area contributed by atoms with Gasteiger partial charge in [-0.3, -0.25) is 4.90 Å². The summed E-state index contributed by atoms with van der Waals surface area (Å²) in [5.74, 6) is 0. The summed E-state index contributed by atoms with van der Waals surface area (Å²) in [4.78, 5) is 7.01. The first-order chi connectivity index (χ1) is 8.50. The fourth-order valence-electron chi connectivity index (χ4n) is 2.72. The predicted molar refractivity (Wildman–Crippen MR) is 77.5 cm³/mol. The molecular weight excluding hydrogens is 242 g/mol.